The summed E-state index contributed by atoms with van der Waals surface area (Å²) in [5, 5.41) is 9.92. The Morgan fingerprint density at radius 1 is 1.32 bits per heavy atom. The van der Waals surface area contributed by atoms with E-state index in [2.05, 4.69) is 15.9 Å². The Morgan fingerprint density at radius 2 is 1.95 bits per heavy atom. The minimum atomic E-state index is -1.03. The van der Waals surface area contributed by atoms with Gasteiger partial charge in [-0.3, -0.25) is 14.5 Å². The number of aliphatic hydroxyl groups is 1. The summed E-state index contributed by atoms with van der Waals surface area (Å²) in [6.07, 6.45) is -0.451. The van der Waals surface area contributed by atoms with Gasteiger partial charge in [0.25, 0.3) is 0 Å². The maximum absolute atomic E-state index is 13.6. The third-order valence-electron chi connectivity index (χ3n) is 3.10. The summed E-state index contributed by atoms with van der Waals surface area (Å²) in [5.41, 5.74) is 0.169. The molecule has 1 aromatic carbocycles. The summed E-state index contributed by atoms with van der Waals surface area (Å²) in [6, 6.07) is 4.39. The zero-order valence-electron chi connectivity index (χ0n) is 10.1. The smallest absolute Gasteiger partial charge is 0.229 e. The Kier molecular flexibility index (Phi) is 4.31. The number of halogens is 2. The lowest BCUT2D eigenvalue weighted by Crippen LogP contribution is -2.31. The molecule has 2 amide bonds. The second kappa shape index (κ2) is 5.79. The third kappa shape index (κ3) is 3.19. The number of nitrogens with zero attached hydrogens (tertiary/aromatic N) is 1. The van der Waals surface area contributed by atoms with E-state index in [0.717, 1.165) is 4.90 Å². The largest absolute Gasteiger partial charge is 0.388 e. The van der Waals surface area contributed by atoms with E-state index in [1.54, 1.807) is 6.07 Å². The minimum absolute atomic E-state index is 0.119. The molecule has 19 heavy (non-hydrogen) atoms. The molecule has 1 aromatic rings. The van der Waals surface area contributed by atoms with Crippen molar-refractivity contribution in [2.45, 2.75) is 25.4 Å². The van der Waals surface area contributed by atoms with E-state index in [-0.39, 0.29) is 43.2 Å². The molecule has 0 aliphatic carbocycles. The molecular weight excluding hydrogens is 317 g/mol. The fourth-order valence-electron chi connectivity index (χ4n) is 2.05. The Bertz CT molecular complexity index is 505. The van der Waals surface area contributed by atoms with E-state index >= 15 is 0 Å². The molecule has 0 saturated carbocycles. The van der Waals surface area contributed by atoms with Crippen LogP contribution in [-0.4, -0.2) is 28.4 Å². The van der Waals surface area contributed by atoms with Crippen molar-refractivity contribution in [3.8, 4) is 0 Å². The molecule has 102 valence electrons. The molecule has 1 N–H and O–H groups in total. The van der Waals surface area contributed by atoms with Gasteiger partial charge in [-0.2, -0.15) is 0 Å². The van der Waals surface area contributed by atoms with Gasteiger partial charge < -0.3 is 5.11 Å². The average Bonchev–Trinajstić information content (AvgIpc) is 2.66. The van der Waals surface area contributed by atoms with Gasteiger partial charge in [0.2, 0.25) is 11.8 Å². The number of hydrogen-bond acceptors (Lipinski definition) is 3. The molecule has 6 heteroatoms. The van der Waals surface area contributed by atoms with Crippen LogP contribution in [0.4, 0.5) is 4.39 Å². The zero-order chi connectivity index (χ0) is 14.0. The first-order valence-electron chi connectivity index (χ1n) is 5.95. The van der Waals surface area contributed by atoms with Gasteiger partial charge in [0.1, 0.15) is 5.82 Å². The maximum atomic E-state index is 13.6. The molecule has 1 fully saturated rings. The number of benzene rings is 1. The number of amides is 2. The number of carbonyl (C=O) groups is 2. The summed E-state index contributed by atoms with van der Waals surface area (Å²) < 4.78 is 14.2. The number of rotatable bonds is 4. The van der Waals surface area contributed by atoms with Crippen LogP contribution < -0.4 is 0 Å². The Balaban J connectivity index is 1.99. The quantitative estimate of drug-likeness (QED) is 0.861. The fourth-order valence-corrected chi connectivity index (χ4v) is 2.38. The molecule has 1 atom stereocenters. The number of hydrogen-bond donors (Lipinski definition) is 1. The molecule has 0 aromatic heterocycles. The topological polar surface area (TPSA) is 57.6 Å². The van der Waals surface area contributed by atoms with Crippen molar-refractivity contribution in [2.24, 2.45) is 0 Å². The predicted octanol–water partition coefficient (Wildman–Crippen LogP) is 2.16. The first-order chi connectivity index (χ1) is 8.99. The first-order valence-corrected chi connectivity index (χ1v) is 6.74. The standard InChI is InChI=1S/C13H13BrFNO3/c14-8-1-2-9(10(15)7-8)11(17)5-6-16-12(18)3-4-13(16)19/h1-2,7,11,17H,3-6H2. The molecule has 1 heterocycles. The van der Waals surface area contributed by atoms with E-state index < -0.39 is 11.9 Å². The highest BCUT2D eigenvalue weighted by Crippen LogP contribution is 2.24. The van der Waals surface area contributed by atoms with Crippen LogP contribution in [0, 0.1) is 5.82 Å². The fraction of sp³-hybridized carbons (Fsp3) is 0.385. The molecule has 0 bridgehead atoms. The van der Waals surface area contributed by atoms with Crippen LogP contribution in [0.15, 0.2) is 22.7 Å². The normalized spacial score (nSPS) is 17.1. The lowest BCUT2D eigenvalue weighted by Gasteiger charge is -2.17. The van der Waals surface area contributed by atoms with Crippen LogP contribution in [0.3, 0.4) is 0 Å². The zero-order valence-corrected chi connectivity index (χ0v) is 11.7. The second-order valence-electron chi connectivity index (χ2n) is 4.41. The van der Waals surface area contributed by atoms with Crippen LogP contribution in [0.1, 0.15) is 30.9 Å². The van der Waals surface area contributed by atoms with E-state index in [1.165, 1.54) is 12.1 Å². The molecule has 0 spiro atoms. The monoisotopic (exact) mass is 329 g/mol. The van der Waals surface area contributed by atoms with Gasteiger partial charge in [0, 0.05) is 29.4 Å². The Hall–Kier alpha value is -1.27. The van der Waals surface area contributed by atoms with Crippen LogP contribution >= 0.6 is 15.9 Å². The number of carbonyl (C=O) groups excluding carboxylic acids is 2. The Morgan fingerprint density at radius 3 is 2.53 bits per heavy atom. The molecule has 2 rings (SSSR count). The van der Waals surface area contributed by atoms with Crippen molar-refractivity contribution in [3.05, 3.63) is 34.1 Å². The maximum Gasteiger partial charge on any atom is 0.229 e. The number of aliphatic hydroxyl groups excluding tert-OH is 1. The van der Waals surface area contributed by atoms with E-state index in [1.807, 2.05) is 0 Å². The highest BCUT2D eigenvalue weighted by Gasteiger charge is 2.29. The van der Waals surface area contributed by atoms with E-state index in [4.69, 9.17) is 0 Å². The van der Waals surface area contributed by atoms with Crippen molar-refractivity contribution < 1.29 is 19.1 Å². The van der Waals surface area contributed by atoms with Gasteiger partial charge in [0.15, 0.2) is 0 Å². The van der Waals surface area contributed by atoms with Gasteiger partial charge in [-0.25, -0.2) is 4.39 Å². The van der Waals surface area contributed by atoms with Gasteiger partial charge in [0.05, 0.1) is 6.10 Å². The summed E-state index contributed by atoms with van der Waals surface area (Å²) in [5.74, 6) is -0.970. The van der Waals surface area contributed by atoms with Crippen LogP contribution in [0.2, 0.25) is 0 Å². The predicted molar refractivity (Wildman–Crippen MR) is 69.6 cm³/mol. The van der Waals surface area contributed by atoms with Gasteiger partial charge in [-0.1, -0.05) is 22.0 Å². The highest BCUT2D eigenvalue weighted by molar-refractivity contribution is 9.10. The summed E-state index contributed by atoms with van der Waals surface area (Å²) >= 11 is 3.13. The van der Waals surface area contributed by atoms with E-state index in [0.29, 0.717) is 4.47 Å². The summed E-state index contributed by atoms with van der Waals surface area (Å²) in [4.78, 5) is 23.9. The van der Waals surface area contributed by atoms with Gasteiger partial charge in [-0.05, 0) is 18.6 Å². The SMILES string of the molecule is O=C1CCC(=O)N1CCC(O)c1ccc(Br)cc1F. The van der Waals surface area contributed by atoms with Crippen LogP contribution in [-0.2, 0) is 9.59 Å². The lowest BCUT2D eigenvalue weighted by molar-refractivity contribution is -0.138. The Labute approximate surface area is 118 Å². The number of imide groups is 1. The highest BCUT2D eigenvalue weighted by atomic mass is 79.9. The lowest BCUT2D eigenvalue weighted by atomic mass is 10.1. The van der Waals surface area contributed by atoms with Gasteiger partial charge >= 0.3 is 0 Å². The van der Waals surface area contributed by atoms with E-state index in [9.17, 15) is 19.1 Å². The van der Waals surface area contributed by atoms with Gasteiger partial charge in [-0.15, -0.1) is 0 Å². The summed E-state index contributed by atoms with van der Waals surface area (Å²) in [7, 11) is 0. The van der Waals surface area contributed by atoms with Crippen molar-refractivity contribution in [1.82, 2.24) is 4.90 Å². The van der Waals surface area contributed by atoms with Crippen molar-refractivity contribution in [3.63, 3.8) is 0 Å². The second-order valence-corrected chi connectivity index (χ2v) is 5.33. The molecule has 0 radical (unpaired) electrons. The van der Waals surface area contributed by atoms with Crippen molar-refractivity contribution in [1.29, 1.82) is 0 Å². The molecule has 4 nitrogen and oxygen atoms in total. The molecular formula is C13H13BrFNO3. The molecule has 1 aliphatic rings. The summed E-state index contributed by atoms with van der Waals surface area (Å²) in [6.45, 7) is 0.119. The molecule has 1 saturated heterocycles. The number of likely N-dealkylation sites (tertiary alicyclic amines) is 1. The minimum Gasteiger partial charge on any atom is -0.388 e. The first kappa shape index (κ1) is 14.1. The van der Waals surface area contributed by atoms with Crippen molar-refractivity contribution >= 4 is 27.7 Å². The van der Waals surface area contributed by atoms with Crippen LogP contribution in [0.5, 0.6) is 0 Å². The average molecular weight is 330 g/mol. The molecule has 1 aliphatic heterocycles. The molecule has 1 unspecified atom stereocenters. The third-order valence-corrected chi connectivity index (χ3v) is 3.60. The van der Waals surface area contributed by atoms with Crippen LogP contribution in [0.25, 0.3) is 0 Å². The van der Waals surface area contributed by atoms with Crippen molar-refractivity contribution in [2.75, 3.05) is 6.54 Å².